The highest BCUT2D eigenvalue weighted by molar-refractivity contribution is 8.18. The monoisotopic (exact) mass is 378 g/mol. The highest BCUT2D eigenvalue weighted by Gasteiger charge is 2.35. The fourth-order valence-corrected chi connectivity index (χ4v) is 3.34. The molecule has 132 valence electrons. The van der Waals surface area contributed by atoms with E-state index in [1.807, 2.05) is 6.07 Å². The SMILES string of the molecule is N#Cc1ccccc1CN1C(=O)S/C(=C/c2ccc(N=O)c(N=O)c2)C1=O. The summed E-state index contributed by atoms with van der Waals surface area (Å²) in [5, 5.41) is 14.1. The van der Waals surface area contributed by atoms with E-state index in [9.17, 15) is 19.4 Å². The zero-order valence-corrected chi connectivity index (χ0v) is 14.5. The van der Waals surface area contributed by atoms with Gasteiger partial charge in [0.25, 0.3) is 11.1 Å². The van der Waals surface area contributed by atoms with Crippen LogP contribution in [0.5, 0.6) is 0 Å². The third kappa shape index (κ3) is 3.65. The number of nitroso groups, excluding NO2 is 2. The van der Waals surface area contributed by atoms with Crippen molar-refractivity contribution in [1.82, 2.24) is 4.90 Å². The minimum Gasteiger partial charge on any atom is -0.268 e. The van der Waals surface area contributed by atoms with Crippen molar-refractivity contribution in [3.63, 3.8) is 0 Å². The zero-order valence-electron chi connectivity index (χ0n) is 13.7. The summed E-state index contributed by atoms with van der Waals surface area (Å²) in [7, 11) is 0. The molecule has 1 aliphatic heterocycles. The molecule has 1 heterocycles. The van der Waals surface area contributed by atoms with Crippen LogP contribution in [-0.2, 0) is 11.3 Å². The predicted molar refractivity (Wildman–Crippen MR) is 100 cm³/mol. The Hall–Kier alpha value is -3.64. The van der Waals surface area contributed by atoms with Crippen molar-refractivity contribution in [3.8, 4) is 6.07 Å². The molecular weight excluding hydrogens is 368 g/mol. The number of hydrogen-bond donors (Lipinski definition) is 0. The van der Waals surface area contributed by atoms with Gasteiger partial charge in [-0.2, -0.15) is 5.26 Å². The summed E-state index contributed by atoms with van der Waals surface area (Å²) in [4.78, 5) is 47.4. The van der Waals surface area contributed by atoms with E-state index in [-0.39, 0.29) is 22.8 Å². The molecule has 9 heteroatoms. The van der Waals surface area contributed by atoms with E-state index >= 15 is 0 Å². The Morgan fingerprint density at radius 3 is 2.52 bits per heavy atom. The Labute approximate surface area is 157 Å². The Kier molecular flexibility index (Phi) is 5.19. The molecule has 1 aliphatic rings. The summed E-state index contributed by atoms with van der Waals surface area (Å²) in [6.45, 7) is -0.0130. The number of amides is 2. The molecule has 0 aliphatic carbocycles. The molecular formula is C18H10N4O4S. The number of carbonyl (C=O) groups excluding carboxylic acids is 2. The second kappa shape index (κ2) is 7.72. The average Bonchev–Trinajstić information content (AvgIpc) is 2.95. The molecule has 0 spiro atoms. The van der Waals surface area contributed by atoms with Crippen LogP contribution in [0, 0.1) is 21.1 Å². The fraction of sp³-hybridized carbons (Fsp3) is 0.0556. The number of imide groups is 1. The van der Waals surface area contributed by atoms with Crippen LogP contribution in [0.1, 0.15) is 16.7 Å². The van der Waals surface area contributed by atoms with Crippen molar-refractivity contribution in [3.05, 3.63) is 73.9 Å². The molecule has 1 fully saturated rings. The summed E-state index contributed by atoms with van der Waals surface area (Å²) < 4.78 is 0. The van der Waals surface area contributed by atoms with Gasteiger partial charge in [-0.25, -0.2) is 0 Å². The van der Waals surface area contributed by atoms with Crippen LogP contribution in [0.15, 0.2) is 57.7 Å². The number of hydrogen-bond acceptors (Lipinski definition) is 8. The number of benzene rings is 2. The first kappa shape index (κ1) is 18.2. The molecule has 0 saturated carbocycles. The van der Waals surface area contributed by atoms with Crippen LogP contribution in [0.2, 0.25) is 0 Å². The summed E-state index contributed by atoms with van der Waals surface area (Å²) in [6, 6.07) is 12.9. The minimum atomic E-state index is -0.504. The first-order valence-electron chi connectivity index (χ1n) is 7.61. The lowest BCUT2D eigenvalue weighted by atomic mass is 10.1. The van der Waals surface area contributed by atoms with Crippen LogP contribution in [0.3, 0.4) is 0 Å². The topological polar surface area (TPSA) is 120 Å². The molecule has 0 bridgehead atoms. The standard InChI is InChI=1S/C18H10N4O4S/c19-9-12-3-1-2-4-13(12)10-22-17(23)16(27-18(22)24)8-11-5-6-14(20-25)15(7-11)21-26/h1-8H,10H2/b16-8+. The van der Waals surface area contributed by atoms with Gasteiger partial charge in [0, 0.05) is 0 Å². The largest absolute Gasteiger partial charge is 0.293 e. The molecule has 2 aromatic carbocycles. The van der Waals surface area contributed by atoms with Gasteiger partial charge in [0.15, 0.2) is 0 Å². The lowest BCUT2D eigenvalue weighted by molar-refractivity contribution is -0.123. The minimum absolute atomic E-state index is 0.0130. The summed E-state index contributed by atoms with van der Waals surface area (Å²) >= 11 is 0.754. The molecule has 27 heavy (non-hydrogen) atoms. The summed E-state index contributed by atoms with van der Waals surface area (Å²) in [5.41, 5.74) is 1.13. The molecule has 2 amide bonds. The maximum Gasteiger partial charge on any atom is 0.293 e. The van der Waals surface area contributed by atoms with E-state index in [4.69, 9.17) is 5.26 Å². The van der Waals surface area contributed by atoms with Gasteiger partial charge in [0.1, 0.15) is 11.4 Å². The van der Waals surface area contributed by atoms with Gasteiger partial charge in [-0.15, -0.1) is 9.81 Å². The van der Waals surface area contributed by atoms with Crippen LogP contribution in [-0.4, -0.2) is 16.0 Å². The number of nitriles is 1. The van der Waals surface area contributed by atoms with E-state index in [1.54, 1.807) is 24.3 Å². The molecule has 0 aromatic heterocycles. The number of carbonyl (C=O) groups is 2. The van der Waals surface area contributed by atoms with E-state index in [0.717, 1.165) is 16.7 Å². The third-order valence-corrected chi connectivity index (χ3v) is 4.74. The van der Waals surface area contributed by atoms with Crippen LogP contribution in [0.4, 0.5) is 16.2 Å². The molecule has 8 nitrogen and oxygen atoms in total. The smallest absolute Gasteiger partial charge is 0.268 e. The van der Waals surface area contributed by atoms with Crippen molar-refractivity contribution in [1.29, 1.82) is 5.26 Å². The van der Waals surface area contributed by atoms with Crippen molar-refractivity contribution in [2.24, 2.45) is 10.4 Å². The van der Waals surface area contributed by atoms with E-state index in [2.05, 4.69) is 10.4 Å². The van der Waals surface area contributed by atoms with Crippen molar-refractivity contribution < 1.29 is 9.59 Å². The van der Waals surface area contributed by atoms with E-state index < -0.39 is 11.1 Å². The molecule has 3 rings (SSSR count). The molecule has 0 radical (unpaired) electrons. The highest BCUT2D eigenvalue weighted by Crippen LogP contribution is 2.35. The van der Waals surface area contributed by atoms with Crippen LogP contribution in [0.25, 0.3) is 6.08 Å². The van der Waals surface area contributed by atoms with Crippen LogP contribution < -0.4 is 0 Å². The first-order valence-corrected chi connectivity index (χ1v) is 8.43. The van der Waals surface area contributed by atoms with Gasteiger partial charge in [0.05, 0.1) is 23.1 Å². The maximum atomic E-state index is 12.6. The Bertz CT molecular complexity index is 1040. The van der Waals surface area contributed by atoms with E-state index in [0.29, 0.717) is 16.7 Å². The van der Waals surface area contributed by atoms with Crippen LogP contribution >= 0.6 is 11.8 Å². The van der Waals surface area contributed by atoms with Crippen molar-refractivity contribution >= 4 is 40.4 Å². The zero-order chi connectivity index (χ0) is 19.4. The Balaban J connectivity index is 1.88. The van der Waals surface area contributed by atoms with Crippen molar-refractivity contribution in [2.75, 3.05) is 0 Å². The Morgan fingerprint density at radius 1 is 1.07 bits per heavy atom. The molecule has 1 saturated heterocycles. The second-order valence-corrected chi connectivity index (χ2v) is 6.46. The van der Waals surface area contributed by atoms with Gasteiger partial charge in [-0.1, -0.05) is 24.3 Å². The molecule has 0 atom stereocenters. The fourth-order valence-electron chi connectivity index (χ4n) is 2.51. The van der Waals surface area contributed by atoms with Crippen molar-refractivity contribution in [2.45, 2.75) is 6.54 Å². The predicted octanol–water partition coefficient (Wildman–Crippen LogP) is 4.59. The maximum absolute atomic E-state index is 12.6. The van der Waals surface area contributed by atoms with Gasteiger partial charge >= 0.3 is 0 Å². The third-order valence-electron chi connectivity index (χ3n) is 3.83. The first-order chi connectivity index (χ1) is 13.1. The lowest BCUT2D eigenvalue weighted by Crippen LogP contribution is -2.27. The van der Waals surface area contributed by atoms with Gasteiger partial charge in [0.2, 0.25) is 0 Å². The van der Waals surface area contributed by atoms with Gasteiger partial charge in [-0.3, -0.25) is 14.5 Å². The quantitative estimate of drug-likeness (QED) is 0.554. The summed E-state index contributed by atoms with van der Waals surface area (Å²) in [6.07, 6.45) is 1.43. The molecule has 0 N–H and O–H groups in total. The van der Waals surface area contributed by atoms with Gasteiger partial charge < -0.3 is 0 Å². The molecule has 0 unspecified atom stereocenters. The average molecular weight is 378 g/mol. The Morgan fingerprint density at radius 2 is 1.81 bits per heavy atom. The highest BCUT2D eigenvalue weighted by atomic mass is 32.2. The number of rotatable bonds is 5. The lowest BCUT2D eigenvalue weighted by Gasteiger charge is -2.13. The number of thioether (sulfide) groups is 1. The summed E-state index contributed by atoms with van der Waals surface area (Å²) in [5.74, 6) is -0.504. The normalized spacial score (nSPS) is 15.1. The van der Waals surface area contributed by atoms with Gasteiger partial charge in [-0.05, 0) is 57.5 Å². The molecule has 2 aromatic rings. The van der Waals surface area contributed by atoms with E-state index in [1.165, 1.54) is 24.3 Å². The second-order valence-electron chi connectivity index (χ2n) is 5.47. The number of nitrogens with zero attached hydrogens (tertiary/aromatic N) is 4.